The van der Waals surface area contributed by atoms with Crippen molar-refractivity contribution in [2.45, 2.75) is 218 Å². The summed E-state index contributed by atoms with van der Waals surface area (Å²) in [6, 6.07) is 28.3. The number of benzene rings is 3. The van der Waals surface area contributed by atoms with Crippen molar-refractivity contribution in [2.24, 2.45) is 15.0 Å². The molecule has 0 aliphatic carbocycles. The minimum atomic E-state index is -0.747. The number of amides is 9. The molecular formula is C78H123N15O18. The topological polar surface area (TPSA) is 418 Å². The van der Waals surface area contributed by atoms with Crippen molar-refractivity contribution in [1.82, 2.24) is 63.8 Å². The van der Waals surface area contributed by atoms with Crippen molar-refractivity contribution in [3.05, 3.63) is 183 Å². The standard InChI is InChI=1S/C20H23N3O4.C14H27N3O4.C13H18N2O2.C12H19N3O4.C10H20N2O2.C9H16N2O2/c1-15(2)21-18(22-19(24)26-13-16-9-5-3-6-10-16)23-20(25)27-14-17-11-7-4-8-12-17;1-9(2)15-10(16-11(18)20-13(3,4)5)17-12(19)21-14(6,7)8;1-10(2)14-11(3)15-13(16)17-9-12-7-5-4-6-8-12;1-5-7-18-11(16)14-10(13-9(3)4)15-12(17)19-8-6-2;1-7(2)11-8(3)12-9(13)14-10(4,5)6;1-5-6-13-9(12)11-8(4)10-7(2)3/h3-12,15H,13-14H2,1-2H3,(H2,21,22,23,24,25);9H,1-8H3,(H2,15,16,17,18,19);4-8,10,14H,3,9H2,1-2H3,(H,15,16);5-6,9H,1-2,7-8H2,3-4H3,(H2,13,14,15,16,17);7,11H,3H2,1-2,4-6H3,(H,12,13);5,7,10H,1,4,6H2,2-3H3,(H,11,12). The third-order valence-corrected chi connectivity index (χ3v) is 10.5. The van der Waals surface area contributed by atoms with Crippen LogP contribution < -0.4 is 63.8 Å². The van der Waals surface area contributed by atoms with Crippen LogP contribution in [0, 0.1) is 0 Å². The van der Waals surface area contributed by atoms with Crippen LogP contribution in [0.4, 0.5) is 43.2 Å². The lowest BCUT2D eigenvalue weighted by Crippen LogP contribution is -2.47. The zero-order valence-electron chi connectivity index (χ0n) is 68.5. The molecule has 3 aromatic rings. The van der Waals surface area contributed by atoms with E-state index in [1.165, 1.54) is 18.2 Å². The zero-order valence-corrected chi connectivity index (χ0v) is 68.5. The molecule has 618 valence electrons. The molecule has 0 saturated heterocycles. The van der Waals surface area contributed by atoms with E-state index in [0.29, 0.717) is 17.5 Å². The summed E-state index contributed by atoms with van der Waals surface area (Å²) in [4.78, 5) is 116. The monoisotopic (exact) mass is 1560 g/mol. The molecule has 9 amide bonds. The van der Waals surface area contributed by atoms with Crippen LogP contribution in [0.15, 0.2) is 181 Å². The van der Waals surface area contributed by atoms with Gasteiger partial charge in [-0.15, -0.1) is 0 Å². The Balaban J connectivity index is -0.00000128. The lowest BCUT2D eigenvalue weighted by molar-refractivity contribution is 0.0526. The first kappa shape index (κ1) is 103. The predicted molar refractivity (Wildman–Crippen MR) is 431 cm³/mol. The van der Waals surface area contributed by atoms with E-state index in [0.717, 1.165) is 16.7 Å². The second-order valence-electron chi connectivity index (χ2n) is 27.5. The number of hydrogen-bond donors (Lipinski definition) is 12. The van der Waals surface area contributed by atoms with Gasteiger partial charge < -0.3 is 58.6 Å². The maximum absolute atomic E-state index is 12.0. The van der Waals surface area contributed by atoms with E-state index in [9.17, 15) is 43.2 Å². The van der Waals surface area contributed by atoms with E-state index in [1.54, 1.807) is 55.4 Å². The number of aliphatic imine (C=N–C) groups is 3. The first-order valence-corrected chi connectivity index (χ1v) is 35.3. The Hall–Kier alpha value is -12.1. The van der Waals surface area contributed by atoms with Crippen LogP contribution in [-0.4, -0.2) is 146 Å². The van der Waals surface area contributed by atoms with Gasteiger partial charge in [-0.25, -0.2) is 58.1 Å². The Bertz CT molecular complexity index is 3310. The molecule has 0 unspecified atom stereocenters. The number of alkyl carbamates (subject to hydrolysis) is 9. The van der Waals surface area contributed by atoms with E-state index in [2.05, 4.69) is 123 Å². The Morgan fingerprint density at radius 3 is 0.712 bits per heavy atom. The molecule has 0 bridgehead atoms. The fourth-order valence-corrected chi connectivity index (χ4v) is 6.87. The molecular weight excluding hydrogens is 1430 g/mol. The molecule has 0 heterocycles. The van der Waals surface area contributed by atoms with Gasteiger partial charge in [-0.05, 0) is 162 Å². The summed E-state index contributed by atoms with van der Waals surface area (Å²) in [6.45, 7) is 60.4. The van der Waals surface area contributed by atoms with Crippen LogP contribution in [0.3, 0.4) is 0 Å². The number of ether oxygens (including phenoxy) is 9. The quantitative estimate of drug-likeness (QED) is 0.0171. The maximum atomic E-state index is 12.0. The van der Waals surface area contributed by atoms with Crippen LogP contribution in [0.2, 0.25) is 0 Å². The summed E-state index contributed by atoms with van der Waals surface area (Å²) in [5, 5.41) is 30.5. The molecule has 0 radical (unpaired) electrons. The highest BCUT2D eigenvalue weighted by atomic mass is 16.6. The van der Waals surface area contributed by atoms with Crippen LogP contribution in [-0.2, 0) is 62.5 Å². The van der Waals surface area contributed by atoms with Gasteiger partial charge in [0.2, 0.25) is 17.9 Å². The van der Waals surface area contributed by atoms with E-state index in [1.807, 2.05) is 181 Å². The number of guanidine groups is 3. The van der Waals surface area contributed by atoms with Gasteiger partial charge in [0, 0.05) is 36.3 Å². The van der Waals surface area contributed by atoms with Crippen LogP contribution in [0.25, 0.3) is 0 Å². The Kier molecular flexibility index (Phi) is 53.9. The van der Waals surface area contributed by atoms with Gasteiger partial charge in [-0.3, -0.25) is 47.9 Å². The average molecular weight is 1560 g/mol. The predicted octanol–water partition coefficient (Wildman–Crippen LogP) is 13.7. The highest BCUT2D eigenvalue weighted by molar-refractivity contribution is 6.03. The number of hydrogen-bond acceptors (Lipinski definition) is 24. The van der Waals surface area contributed by atoms with Gasteiger partial charge in [-0.1, -0.05) is 149 Å². The van der Waals surface area contributed by atoms with E-state index < -0.39 is 71.6 Å². The van der Waals surface area contributed by atoms with E-state index in [-0.39, 0.29) is 93.8 Å². The van der Waals surface area contributed by atoms with E-state index in [4.69, 9.17) is 37.9 Å². The summed E-state index contributed by atoms with van der Waals surface area (Å²) in [5.74, 6) is 1.25. The summed E-state index contributed by atoms with van der Waals surface area (Å²) < 4.78 is 44.6. The first-order chi connectivity index (χ1) is 51.6. The summed E-state index contributed by atoms with van der Waals surface area (Å²) in [7, 11) is 0. The van der Waals surface area contributed by atoms with Crippen molar-refractivity contribution in [1.29, 1.82) is 0 Å². The summed E-state index contributed by atoms with van der Waals surface area (Å²) in [6.07, 6.45) is -1.51. The maximum Gasteiger partial charge on any atom is 0.414 e. The molecule has 33 nitrogen and oxygen atoms in total. The largest absolute Gasteiger partial charge is 0.445 e. The second-order valence-corrected chi connectivity index (χ2v) is 27.5. The van der Waals surface area contributed by atoms with Gasteiger partial charge >= 0.3 is 54.8 Å². The van der Waals surface area contributed by atoms with Crippen molar-refractivity contribution in [3.8, 4) is 0 Å². The first-order valence-electron chi connectivity index (χ1n) is 35.3. The molecule has 0 atom stereocenters. The SMILES string of the molecule is C=C(NC(=O)OC(C)(C)C)NC(C)C.C=C(NC(=O)OCc1ccccc1)NC(C)C.C=CCOC(=O)NC(=C)NC(C)C.C=CCOC(=O)NC(=NC(C)C)NC(=O)OCC=C.CC(C)N=C(NC(=O)OC(C)(C)C)NC(=O)OC(C)(C)C.CC(C)N=C(NC(=O)OCc1ccccc1)NC(=O)OCc1ccccc1. The molecule has 33 heteroatoms. The number of nitrogens with zero attached hydrogens (tertiary/aromatic N) is 3. The smallest absolute Gasteiger partial charge is 0.414 e. The highest BCUT2D eigenvalue weighted by Gasteiger charge is 2.23. The van der Waals surface area contributed by atoms with Gasteiger partial charge in [-0.2, -0.15) is 0 Å². The van der Waals surface area contributed by atoms with Crippen LogP contribution in [0.1, 0.15) is 162 Å². The third kappa shape index (κ3) is 69.4. The Morgan fingerprint density at radius 2 is 0.505 bits per heavy atom. The number of nitrogens with one attached hydrogen (secondary N) is 12. The summed E-state index contributed by atoms with van der Waals surface area (Å²) >= 11 is 0. The minimum absolute atomic E-state index is 0.00602. The Labute approximate surface area is 655 Å². The fourth-order valence-electron chi connectivity index (χ4n) is 6.87. The van der Waals surface area contributed by atoms with E-state index >= 15 is 0 Å². The lowest BCUT2D eigenvalue weighted by Gasteiger charge is -2.22. The third-order valence-electron chi connectivity index (χ3n) is 10.5. The highest BCUT2D eigenvalue weighted by Crippen LogP contribution is 2.10. The molecule has 0 spiro atoms. The number of carbonyl (C=O) groups excluding carboxylic acids is 9. The number of rotatable bonds is 24. The molecule has 0 aliphatic rings. The summed E-state index contributed by atoms with van der Waals surface area (Å²) in [5.41, 5.74) is 0.889. The van der Waals surface area contributed by atoms with Gasteiger partial charge in [0.25, 0.3) is 0 Å². The Morgan fingerprint density at radius 1 is 0.315 bits per heavy atom. The van der Waals surface area contributed by atoms with Gasteiger partial charge in [0.05, 0.1) is 0 Å². The lowest BCUT2D eigenvalue weighted by atomic mass is 10.2. The number of carbonyl (C=O) groups is 9. The molecule has 12 N–H and O–H groups in total. The van der Waals surface area contributed by atoms with Crippen molar-refractivity contribution >= 4 is 72.7 Å². The molecule has 3 rings (SSSR count). The molecule has 0 saturated carbocycles. The van der Waals surface area contributed by atoms with Crippen molar-refractivity contribution in [3.63, 3.8) is 0 Å². The fraction of sp³-hybridized carbons (Fsp3) is 0.462. The molecule has 3 aromatic carbocycles. The van der Waals surface area contributed by atoms with Crippen LogP contribution in [0.5, 0.6) is 0 Å². The minimum Gasteiger partial charge on any atom is -0.445 e. The molecule has 0 aliphatic heterocycles. The van der Waals surface area contributed by atoms with Gasteiger partial charge in [0.15, 0.2) is 0 Å². The van der Waals surface area contributed by atoms with Crippen LogP contribution >= 0.6 is 0 Å². The normalized spacial score (nSPS) is 10.2. The second kappa shape index (κ2) is 58.0. The zero-order chi connectivity index (χ0) is 85.3. The van der Waals surface area contributed by atoms with Crippen molar-refractivity contribution in [2.75, 3.05) is 19.8 Å². The van der Waals surface area contributed by atoms with Gasteiger partial charge in [0.1, 0.15) is 73.9 Å². The molecule has 0 aromatic heterocycles. The molecule has 111 heavy (non-hydrogen) atoms. The average Bonchev–Trinajstić information content (AvgIpc) is 0.906. The van der Waals surface area contributed by atoms with Crippen molar-refractivity contribution < 1.29 is 85.8 Å². The molecule has 0 fully saturated rings.